The zero-order valence-corrected chi connectivity index (χ0v) is 12.0. The van der Waals surface area contributed by atoms with Crippen LogP contribution in [0.25, 0.3) is 0 Å². The molecule has 0 atom stereocenters. The van der Waals surface area contributed by atoms with Gasteiger partial charge in [-0.2, -0.15) is 5.10 Å². The smallest absolute Gasteiger partial charge is 0.327 e. The standard InChI is InChI=1S/C13H13ClN4O3/c1-21-11(19)8-18-13(20)12(14)10(7-17-18)16-6-9-3-2-4-15-5-9/h2-5,7,16H,6,8H2,1H3. The van der Waals surface area contributed by atoms with Crippen LogP contribution in [0.15, 0.2) is 35.5 Å². The third-order valence-electron chi connectivity index (χ3n) is 2.70. The lowest BCUT2D eigenvalue weighted by atomic mass is 10.3. The molecule has 0 bridgehead atoms. The van der Waals surface area contributed by atoms with E-state index >= 15 is 0 Å². The second kappa shape index (κ2) is 6.85. The van der Waals surface area contributed by atoms with Crippen molar-refractivity contribution in [2.45, 2.75) is 13.1 Å². The van der Waals surface area contributed by atoms with E-state index in [-0.39, 0.29) is 11.6 Å². The summed E-state index contributed by atoms with van der Waals surface area (Å²) in [6, 6.07) is 3.70. The largest absolute Gasteiger partial charge is 0.468 e. The van der Waals surface area contributed by atoms with Crippen molar-refractivity contribution in [3.05, 3.63) is 51.7 Å². The van der Waals surface area contributed by atoms with Crippen LogP contribution in [-0.2, 0) is 22.6 Å². The maximum absolute atomic E-state index is 12.0. The Balaban J connectivity index is 2.13. The number of halogens is 1. The molecule has 0 aliphatic heterocycles. The van der Waals surface area contributed by atoms with Crippen molar-refractivity contribution in [2.24, 2.45) is 0 Å². The first kappa shape index (κ1) is 15.0. The van der Waals surface area contributed by atoms with Crippen LogP contribution in [0.1, 0.15) is 5.56 Å². The van der Waals surface area contributed by atoms with Crippen molar-refractivity contribution in [3.63, 3.8) is 0 Å². The Morgan fingerprint density at radius 2 is 2.29 bits per heavy atom. The average Bonchev–Trinajstić information content (AvgIpc) is 2.52. The first-order valence-corrected chi connectivity index (χ1v) is 6.45. The van der Waals surface area contributed by atoms with Crippen molar-refractivity contribution in [1.82, 2.24) is 14.8 Å². The molecule has 0 aliphatic rings. The SMILES string of the molecule is COC(=O)Cn1ncc(NCc2cccnc2)c(Cl)c1=O. The highest BCUT2D eigenvalue weighted by Crippen LogP contribution is 2.16. The number of nitrogens with one attached hydrogen (secondary N) is 1. The molecule has 110 valence electrons. The molecular weight excluding hydrogens is 296 g/mol. The second-order valence-electron chi connectivity index (χ2n) is 4.13. The number of esters is 1. The topological polar surface area (TPSA) is 86.1 Å². The molecule has 0 amide bonds. The minimum atomic E-state index is -0.572. The number of methoxy groups -OCH3 is 1. The first-order chi connectivity index (χ1) is 10.1. The van der Waals surface area contributed by atoms with Crippen molar-refractivity contribution in [1.29, 1.82) is 0 Å². The Kier molecular flexibility index (Phi) is 4.89. The molecule has 0 saturated heterocycles. The molecule has 0 radical (unpaired) electrons. The Hall–Kier alpha value is -2.41. The molecule has 1 N–H and O–H groups in total. The molecule has 2 aromatic rings. The molecule has 0 fully saturated rings. The normalized spacial score (nSPS) is 10.2. The zero-order valence-electron chi connectivity index (χ0n) is 11.2. The molecule has 7 nitrogen and oxygen atoms in total. The molecule has 0 spiro atoms. The van der Waals surface area contributed by atoms with Gasteiger partial charge < -0.3 is 10.1 Å². The predicted octanol–water partition coefficient (Wildman–Crippen LogP) is 1.08. The van der Waals surface area contributed by atoms with Gasteiger partial charge in [-0.05, 0) is 11.6 Å². The molecule has 2 heterocycles. The lowest BCUT2D eigenvalue weighted by Gasteiger charge is -2.09. The van der Waals surface area contributed by atoms with Gasteiger partial charge in [-0.3, -0.25) is 14.6 Å². The van der Waals surface area contributed by atoms with Crippen molar-refractivity contribution in [3.8, 4) is 0 Å². The Labute approximate surface area is 125 Å². The summed E-state index contributed by atoms with van der Waals surface area (Å²) < 4.78 is 5.43. The van der Waals surface area contributed by atoms with Gasteiger partial charge in [-0.1, -0.05) is 17.7 Å². The minimum absolute atomic E-state index is 0.0298. The third kappa shape index (κ3) is 3.79. The maximum Gasteiger partial charge on any atom is 0.327 e. The van der Waals surface area contributed by atoms with Crippen LogP contribution in [0.2, 0.25) is 5.02 Å². The lowest BCUT2D eigenvalue weighted by Crippen LogP contribution is -2.28. The highest BCUT2D eigenvalue weighted by Gasteiger charge is 2.11. The summed E-state index contributed by atoms with van der Waals surface area (Å²) in [5.41, 5.74) is 0.775. The Morgan fingerprint density at radius 3 is 2.95 bits per heavy atom. The van der Waals surface area contributed by atoms with Gasteiger partial charge in [0.2, 0.25) is 0 Å². The van der Waals surface area contributed by atoms with E-state index < -0.39 is 11.5 Å². The molecule has 2 aromatic heterocycles. The number of anilines is 1. The van der Waals surface area contributed by atoms with E-state index in [0.29, 0.717) is 12.2 Å². The Morgan fingerprint density at radius 1 is 1.48 bits per heavy atom. The molecule has 21 heavy (non-hydrogen) atoms. The quantitative estimate of drug-likeness (QED) is 0.832. The number of aromatic nitrogens is 3. The molecular formula is C13H13ClN4O3. The van der Waals surface area contributed by atoms with Gasteiger partial charge in [0.1, 0.15) is 11.6 Å². The van der Waals surface area contributed by atoms with E-state index in [2.05, 4.69) is 20.1 Å². The number of carbonyl (C=O) groups is 1. The second-order valence-corrected chi connectivity index (χ2v) is 4.50. The fourth-order valence-corrected chi connectivity index (χ4v) is 1.80. The minimum Gasteiger partial charge on any atom is -0.468 e. The summed E-state index contributed by atoms with van der Waals surface area (Å²) >= 11 is 5.99. The van der Waals surface area contributed by atoms with Crippen LogP contribution in [0, 0.1) is 0 Å². The number of carbonyl (C=O) groups excluding carboxylic acids is 1. The van der Waals surface area contributed by atoms with Gasteiger partial charge in [0.25, 0.3) is 5.56 Å². The van der Waals surface area contributed by atoms with E-state index in [1.807, 2.05) is 12.1 Å². The average molecular weight is 309 g/mol. The molecule has 0 unspecified atom stereocenters. The van der Waals surface area contributed by atoms with Gasteiger partial charge in [0.05, 0.1) is 19.0 Å². The van der Waals surface area contributed by atoms with Crippen LogP contribution in [0.3, 0.4) is 0 Å². The number of rotatable bonds is 5. The van der Waals surface area contributed by atoms with Crippen LogP contribution in [-0.4, -0.2) is 27.8 Å². The summed E-state index contributed by atoms with van der Waals surface area (Å²) in [5.74, 6) is -0.572. The fourth-order valence-electron chi connectivity index (χ4n) is 1.59. The number of hydrogen-bond donors (Lipinski definition) is 1. The molecule has 0 aliphatic carbocycles. The van der Waals surface area contributed by atoms with E-state index in [1.54, 1.807) is 12.4 Å². The van der Waals surface area contributed by atoms with E-state index in [0.717, 1.165) is 10.2 Å². The lowest BCUT2D eigenvalue weighted by molar-refractivity contribution is -0.141. The highest BCUT2D eigenvalue weighted by molar-refractivity contribution is 6.32. The van der Waals surface area contributed by atoms with Gasteiger partial charge in [-0.25, -0.2) is 4.68 Å². The van der Waals surface area contributed by atoms with Gasteiger partial charge in [0.15, 0.2) is 0 Å². The third-order valence-corrected chi connectivity index (χ3v) is 3.06. The number of nitrogens with zero attached hydrogens (tertiary/aromatic N) is 3. The molecule has 0 aromatic carbocycles. The molecule has 0 saturated carbocycles. The van der Waals surface area contributed by atoms with Crippen molar-refractivity contribution in [2.75, 3.05) is 12.4 Å². The number of hydrogen-bond acceptors (Lipinski definition) is 6. The van der Waals surface area contributed by atoms with Crippen molar-refractivity contribution >= 4 is 23.3 Å². The summed E-state index contributed by atoms with van der Waals surface area (Å²) in [6.07, 6.45) is 4.77. The van der Waals surface area contributed by atoms with E-state index in [4.69, 9.17) is 11.6 Å². The van der Waals surface area contributed by atoms with E-state index in [9.17, 15) is 9.59 Å². The number of ether oxygens (including phenoxy) is 1. The van der Waals surface area contributed by atoms with Crippen molar-refractivity contribution < 1.29 is 9.53 Å². The summed E-state index contributed by atoms with van der Waals surface area (Å²) in [5, 5.41) is 6.85. The zero-order chi connectivity index (χ0) is 15.2. The maximum atomic E-state index is 12.0. The summed E-state index contributed by atoms with van der Waals surface area (Å²) in [4.78, 5) is 27.1. The fraction of sp³-hybridized carbons (Fsp3) is 0.231. The first-order valence-electron chi connectivity index (χ1n) is 6.07. The summed E-state index contributed by atoms with van der Waals surface area (Å²) in [6.45, 7) is 0.174. The highest BCUT2D eigenvalue weighted by atomic mass is 35.5. The van der Waals surface area contributed by atoms with Crippen LogP contribution in [0.5, 0.6) is 0 Å². The van der Waals surface area contributed by atoms with Crippen LogP contribution >= 0.6 is 11.6 Å². The van der Waals surface area contributed by atoms with Crippen LogP contribution < -0.4 is 10.9 Å². The van der Waals surface area contributed by atoms with Gasteiger partial charge in [-0.15, -0.1) is 0 Å². The summed E-state index contributed by atoms with van der Waals surface area (Å²) in [7, 11) is 1.23. The Bertz CT molecular complexity index is 688. The number of pyridine rings is 1. The predicted molar refractivity (Wildman–Crippen MR) is 77.1 cm³/mol. The van der Waals surface area contributed by atoms with Gasteiger partial charge >= 0.3 is 5.97 Å². The molecule has 8 heteroatoms. The van der Waals surface area contributed by atoms with E-state index in [1.165, 1.54) is 13.3 Å². The monoisotopic (exact) mass is 308 g/mol. The van der Waals surface area contributed by atoms with Gasteiger partial charge in [0, 0.05) is 18.9 Å². The van der Waals surface area contributed by atoms with Crippen LogP contribution in [0.4, 0.5) is 5.69 Å². The molecule has 2 rings (SSSR count).